The standard InChI is InChI=1S/C17H18BrNO5/c1-9-7-19(8-14(23-9)17(21)22-3)16(20)15-10(2)12-6-11(18)4-5-13(12)24-15/h4-6,9,14H,7-8H2,1-3H3/t9-,14?/m1/s1. The highest BCUT2D eigenvalue weighted by Crippen LogP contribution is 2.29. The van der Waals surface area contributed by atoms with Gasteiger partial charge in [0.25, 0.3) is 5.91 Å². The van der Waals surface area contributed by atoms with Gasteiger partial charge in [0.2, 0.25) is 0 Å². The maximum atomic E-state index is 12.9. The van der Waals surface area contributed by atoms with E-state index in [4.69, 9.17) is 13.9 Å². The van der Waals surface area contributed by atoms with E-state index in [1.807, 2.05) is 32.0 Å². The van der Waals surface area contributed by atoms with Crippen LogP contribution in [-0.4, -0.2) is 49.2 Å². The van der Waals surface area contributed by atoms with Crippen molar-refractivity contribution in [2.75, 3.05) is 20.2 Å². The molecule has 0 N–H and O–H groups in total. The molecule has 0 saturated carbocycles. The van der Waals surface area contributed by atoms with Gasteiger partial charge in [-0.1, -0.05) is 15.9 Å². The minimum atomic E-state index is -0.776. The van der Waals surface area contributed by atoms with Crippen molar-refractivity contribution in [1.29, 1.82) is 0 Å². The average Bonchev–Trinajstić information content (AvgIpc) is 2.89. The Balaban J connectivity index is 1.91. The highest BCUT2D eigenvalue weighted by atomic mass is 79.9. The molecular weight excluding hydrogens is 378 g/mol. The summed E-state index contributed by atoms with van der Waals surface area (Å²) in [5, 5.41) is 0.888. The molecule has 0 radical (unpaired) electrons. The van der Waals surface area contributed by atoms with E-state index in [0.29, 0.717) is 17.9 Å². The van der Waals surface area contributed by atoms with Gasteiger partial charge in [-0.25, -0.2) is 4.79 Å². The largest absolute Gasteiger partial charge is 0.467 e. The molecular formula is C17H18BrNO5. The lowest BCUT2D eigenvalue weighted by atomic mass is 10.1. The van der Waals surface area contributed by atoms with E-state index in [1.165, 1.54) is 7.11 Å². The molecule has 2 atom stereocenters. The van der Waals surface area contributed by atoms with Gasteiger partial charge in [0.1, 0.15) is 5.58 Å². The van der Waals surface area contributed by atoms with E-state index in [9.17, 15) is 9.59 Å². The second-order valence-electron chi connectivity index (χ2n) is 5.87. The zero-order valence-electron chi connectivity index (χ0n) is 13.7. The van der Waals surface area contributed by atoms with Crippen molar-refractivity contribution in [3.05, 3.63) is 34.0 Å². The number of esters is 1. The molecule has 1 aliphatic rings. The fraction of sp³-hybridized carbons (Fsp3) is 0.412. The monoisotopic (exact) mass is 395 g/mol. The fourth-order valence-electron chi connectivity index (χ4n) is 2.92. The molecule has 24 heavy (non-hydrogen) atoms. The maximum absolute atomic E-state index is 12.9. The molecule has 0 aliphatic carbocycles. The van der Waals surface area contributed by atoms with E-state index in [1.54, 1.807) is 4.90 Å². The number of ether oxygens (including phenoxy) is 2. The SMILES string of the molecule is COC(=O)C1CN(C(=O)c2oc3ccc(Br)cc3c2C)C[C@@H](C)O1. The van der Waals surface area contributed by atoms with E-state index in [-0.39, 0.29) is 18.6 Å². The number of rotatable bonds is 2. The van der Waals surface area contributed by atoms with E-state index >= 15 is 0 Å². The molecule has 1 aromatic heterocycles. The number of furan rings is 1. The van der Waals surface area contributed by atoms with Gasteiger partial charge >= 0.3 is 5.97 Å². The number of carbonyl (C=O) groups is 2. The summed E-state index contributed by atoms with van der Waals surface area (Å²) < 4.78 is 17.0. The Morgan fingerprint density at radius 2 is 2.08 bits per heavy atom. The second kappa shape index (κ2) is 6.57. The summed E-state index contributed by atoms with van der Waals surface area (Å²) in [6, 6.07) is 5.61. The number of hydrogen-bond acceptors (Lipinski definition) is 5. The summed E-state index contributed by atoms with van der Waals surface area (Å²) in [4.78, 5) is 26.2. The first-order valence-electron chi connectivity index (χ1n) is 7.62. The lowest BCUT2D eigenvalue weighted by Crippen LogP contribution is -2.52. The highest BCUT2D eigenvalue weighted by molar-refractivity contribution is 9.10. The predicted molar refractivity (Wildman–Crippen MR) is 90.9 cm³/mol. The molecule has 1 amide bonds. The molecule has 1 aliphatic heterocycles. The highest BCUT2D eigenvalue weighted by Gasteiger charge is 2.35. The van der Waals surface area contributed by atoms with Crippen molar-refractivity contribution in [2.24, 2.45) is 0 Å². The van der Waals surface area contributed by atoms with Crippen molar-refractivity contribution in [1.82, 2.24) is 4.90 Å². The van der Waals surface area contributed by atoms with Gasteiger partial charge in [-0.3, -0.25) is 4.79 Å². The van der Waals surface area contributed by atoms with Crippen molar-refractivity contribution in [3.8, 4) is 0 Å². The third-order valence-electron chi connectivity index (χ3n) is 4.10. The van der Waals surface area contributed by atoms with Gasteiger partial charge in [-0.05, 0) is 32.0 Å². The average molecular weight is 396 g/mol. The van der Waals surface area contributed by atoms with Crippen LogP contribution in [0.1, 0.15) is 23.0 Å². The lowest BCUT2D eigenvalue weighted by molar-refractivity contribution is -0.164. The van der Waals surface area contributed by atoms with Crippen molar-refractivity contribution in [3.63, 3.8) is 0 Å². The minimum absolute atomic E-state index is 0.149. The summed E-state index contributed by atoms with van der Waals surface area (Å²) in [6.07, 6.45) is -1.04. The topological polar surface area (TPSA) is 69.0 Å². The normalized spacial score (nSPS) is 21.1. The molecule has 1 unspecified atom stereocenters. The molecule has 1 fully saturated rings. The van der Waals surface area contributed by atoms with E-state index < -0.39 is 12.1 Å². The maximum Gasteiger partial charge on any atom is 0.336 e. The molecule has 1 aromatic carbocycles. The Hall–Kier alpha value is -1.86. The van der Waals surface area contributed by atoms with Crippen LogP contribution in [0.2, 0.25) is 0 Å². The lowest BCUT2D eigenvalue weighted by Gasteiger charge is -2.35. The van der Waals surface area contributed by atoms with Gasteiger partial charge in [-0.15, -0.1) is 0 Å². The van der Waals surface area contributed by atoms with Crippen molar-refractivity contribution >= 4 is 38.8 Å². The molecule has 0 spiro atoms. The van der Waals surface area contributed by atoms with E-state index in [2.05, 4.69) is 15.9 Å². The first-order chi connectivity index (χ1) is 11.4. The Bertz CT molecular complexity index is 800. The third-order valence-corrected chi connectivity index (χ3v) is 4.60. The van der Waals surface area contributed by atoms with Crippen LogP contribution in [0.15, 0.2) is 27.1 Å². The van der Waals surface area contributed by atoms with Crippen molar-refractivity contribution in [2.45, 2.75) is 26.1 Å². The number of hydrogen-bond donors (Lipinski definition) is 0. The summed E-state index contributed by atoms with van der Waals surface area (Å²) in [6.45, 7) is 4.22. The Morgan fingerprint density at radius 1 is 1.33 bits per heavy atom. The first-order valence-corrected chi connectivity index (χ1v) is 8.41. The van der Waals surface area contributed by atoms with Crippen molar-refractivity contribution < 1.29 is 23.5 Å². The number of morpholine rings is 1. The van der Waals surface area contributed by atoms with Gasteiger partial charge in [0.05, 0.1) is 19.8 Å². The zero-order valence-corrected chi connectivity index (χ0v) is 15.3. The van der Waals surface area contributed by atoms with Crippen LogP contribution in [0.4, 0.5) is 0 Å². The number of nitrogens with zero attached hydrogens (tertiary/aromatic N) is 1. The molecule has 3 rings (SSSR count). The first kappa shape index (κ1) is 17.0. The molecule has 2 aromatic rings. The van der Waals surface area contributed by atoms with Crippen LogP contribution in [0.3, 0.4) is 0 Å². The predicted octanol–water partition coefficient (Wildman–Crippen LogP) is 2.91. The Morgan fingerprint density at radius 3 is 2.79 bits per heavy atom. The van der Waals surface area contributed by atoms with Crippen LogP contribution in [-0.2, 0) is 14.3 Å². The third kappa shape index (κ3) is 3.06. The van der Waals surface area contributed by atoms with Crippen LogP contribution in [0.25, 0.3) is 11.0 Å². The number of fused-ring (bicyclic) bond motifs is 1. The van der Waals surface area contributed by atoms with Crippen LogP contribution in [0.5, 0.6) is 0 Å². The van der Waals surface area contributed by atoms with E-state index in [0.717, 1.165) is 15.4 Å². The number of halogens is 1. The number of carbonyl (C=O) groups excluding carboxylic acids is 2. The summed E-state index contributed by atoms with van der Waals surface area (Å²) in [5.74, 6) is -0.436. The number of amides is 1. The van der Waals surface area contributed by atoms with Crippen LogP contribution in [0, 0.1) is 6.92 Å². The molecule has 6 nitrogen and oxygen atoms in total. The summed E-state index contributed by atoms with van der Waals surface area (Å²) in [7, 11) is 1.30. The van der Waals surface area contributed by atoms with Gasteiger partial charge < -0.3 is 18.8 Å². The Labute approximate surface area is 147 Å². The summed E-state index contributed by atoms with van der Waals surface area (Å²) >= 11 is 3.42. The second-order valence-corrected chi connectivity index (χ2v) is 6.78. The molecule has 7 heteroatoms. The summed E-state index contributed by atoms with van der Waals surface area (Å²) in [5.41, 5.74) is 1.44. The number of benzene rings is 1. The Kier molecular flexibility index (Phi) is 4.64. The minimum Gasteiger partial charge on any atom is -0.467 e. The van der Waals surface area contributed by atoms with Crippen LogP contribution < -0.4 is 0 Å². The molecule has 128 valence electrons. The van der Waals surface area contributed by atoms with Gasteiger partial charge in [-0.2, -0.15) is 0 Å². The van der Waals surface area contributed by atoms with Gasteiger partial charge in [0.15, 0.2) is 11.9 Å². The zero-order chi connectivity index (χ0) is 17.4. The van der Waals surface area contributed by atoms with Crippen LogP contribution >= 0.6 is 15.9 Å². The smallest absolute Gasteiger partial charge is 0.336 e. The number of aryl methyl sites for hydroxylation is 1. The van der Waals surface area contributed by atoms with Gasteiger partial charge in [0, 0.05) is 22.0 Å². The fourth-order valence-corrected chi connectivity index (χ4v) is 3.28. The molecule has 0 bridgehead atoms. The molecule has 2 heterocycles. The number of methoxy groups -OCH3 is 1. The molecule has 1 saturated heterocycles. The quantitative estimate of drug-likeness (QED) is 0.731.